The van der Waals surface area contributed by atoms with Gasteiger partial charge in [0, 0.05) is 12.0 Å². The van der Waals surface area contributed by atoms with Crippen LogP contribution in [0.5, 0.6) is 17.2 Å². The Bertz CT molecular complexity index is 907. The Labute approximate surface area is 178 Å². The number of esters is 1. The summed E-state index contributed by atoms with van der Waals surface area (Å²) in [6.07, 6.45) is -0.306. The number of methoxy groups -OCH3 is 3. The quantitative estimate of drug-likeness (QED) is 0.448. The number of carbonyl (C=O) groups excluding carboxylic acids is 2. The molecule has 0 spiro atoms. The van der Waals surface area contributed by atoms with Gasteiger partial charge in [-0.3, -0.25) is 9.59 Å². The van der Waals surface area contributed by atoms with Crippen LogP contribution in [0, 0.1) is 20.8 Å². The van der Waals surface area contributed by atoms with E-state index in [9.17, 15) is 9.59 Å². The summed E-state index contributed by atoms with van der Waals surface area (Å²) >= 11 is 0. The van der Waals surface area contributed by atoms with Crippen LogP contribution in [0.25, 0.3) is 0 Å². The zero-order chi connectivity index (χ0) is 22.4. The summed E-state index contributed by atoms with van der Waals surface area (Å²) in [5.41, 5.74) is 4.46. The number of benzene rings is 2. The minimum absolute atomic E-state index is 0.127. The lowest BCUT2D eigenvalue weighted by atomic mass is 9.96. The molecular formula is C24H30O6. The number of rotatable bonds is 9. The molecule has 0 N–H and O–H groups in total. The Hall–Kier alpha value is -3.02. The average molecular weight is 414 g/mol. The predicted octanol–water partition coefficient (Wildman–Crippen LogP) is 4.38. The molecule has 30 heavy (non-hydrogen) atoms. The average Bonchev–Trinajstić information content (AvgIpc) is 2.73. The van der Waals surface area contributed by atoms with E-state index in [4.69, 9.17) is 18.9 Å². The molecule has 0 saturated carbocycles. The molecule has 1 atom stereocenters. The molecule has 2 aromatic rings. The van der Waals surface area contributed by atoms with Crippen LogP contribution in [0.4, 0.5) is 0 Å². The third-order valence-corrected chi connectivity index (χ3v) is 5.13. The molecular weight excluding hydrogens is 384 g/mol. The van der Waals surface area contributed by atoms with Gasteiger partial charge in [0.2, 0.25) is 11.5 Å². The molecule has 2 rings (SSSR count). The van der Waals surface area contributed by atoms with Crippen molar-refractivity contribution in [3.05, 3.63) is 52.1 Å². The fourth-order valence-electron chi connectivity index (χ4n) is 3.28. The highest BCUT2D eigenvalue weighted by Crippen LogP contribution is 2.38. The molecule has 6 heteroatoms. The normalized spacial score (nSPS) is 11.6. The third kappa shape index (κ3) is 5.32. The van der Waals surface area contributed by atoms with E-state index in [1.54, 1.807) is 19.1 Å². The zero-order valence-electron chi connectivity index (χ0n) is 18.8. The topological polar surface area (TPSA) is 71.1 Å². The van der Waals surface area contributed by atoms with Gasteiger partial charge in [0.25, 0.3) is 0 Å². The molecule has 0 amide bonds. The van der Waals surface area contributed by atoms with Crippen molar-refractivity contribution in [1.29, 1.82) is 0 Å². The third-order valence-electron chi connectivity index (χ3n) is 5.13. The van der Waals surface area contributed by atoms with Crippen molar-refractivity contribution < 1.29 is 28.5 Å². The molecule has 0 aromatic heterocycles. The Morgan fingerprint density at radius 1 is 0.833 bits per heavy atom. The maximum Gasteiger partial charge on any atom is 0.306 e. The van der Waals surface area contributed by atoms with Crippen molar-refractivity contribution in [3.8, 4) is 17.2 Å². The van der Waals surface area contributed by atoms with E-state index in [0.29, 0.717) is 29.2 Å². The summed E-state index contributed by atoms with van der Waals surface area (Å²) in [7, 11) is 4.61. The van der Waals surface area contributed by atoms with Crippen molar-refractivity contribution in [2.75, 3.05) is 21.3 Å². The monoisotopic (exact) mass is 414 g/mol. The number of aryl methyl sites for hydroxylation is 4. The molecule has 6 nitrogen and oxygen atoms in total. The van der Waals surface area contributed by atoms with Crippen LogP contribution in [0.15, 0.2) is 24.3 Å². The van der Waals surface area contributed by atoms with Crippen LogP contribution in [-0.2, 0) is 16.0 Å². The van der Waals surface area contributed by atoms with Crippen molar-refractivity contribution in [3.63, 3.8) is 0 Å². The predicted molar refractivity (Wildman–Crippen MR) is 115 cm³/mol. The number of ether oxygens (including phenoxy) is 4. The van der Waals surface area contributed by atoms with Gasteiger partial charge in [-0.05, 0) is 74.6 Å². The zero-order valence-corrected chi connectivity index (χ0v) is 18.8. The lowest BCUT2D eigenvalue weighted by Crippen LogP contribution is -2.25. The van der Waals surface area contributed by atoms with Gasteiger partial charge >= 0.3 is 5.97 Å². The molecule has 0 bridgehead atoms. The minimum atomic E-state index is -0.849. The van der Waals surface area contributed by atoms with Gasteiger partial charge in [0.1, 0.15) is 0 Å². The molecule has 0 unspecified atom stereocenters. The SMILES string of the molecule is COc1cc(CCC(=O)O[C@@H](C)C(=O)c2cc(C)c(C)cc2C)cc(OC)c1OC. The highest BCUT2D eigenvalue weighted by atomic mass is 16.5. The fourth-order valence-corrected chi connectivity index (χ4v) is 3.28. The second-order valence-corrected chi connectivity index (χ2v) is 7.28. The van der Waals surface area contributed by atoms with Crippen LogP contribution in [0.2, 0.25) is 0 Å². The molecule has 162 valence electrons. The van der Waals surface area contributed by atoms with Gasteiger partial charge in [0.05, 0.1) is 21.3 Å². The van der Waals surface area contributed by atoms with E-state index in [-0.39, 0.29) is 12.2 Å². The first kappa shape index (κ1) is 23.3. The van der Waals surface area contributed by atoms with Crippen molar-refractivity contribution in [2.24, 2.45) is 0 Å². The molecule has 0 saturated heterocycles. The summed E-state index contributed by atoms with van der Waals surface area (Å²) < 4.78 is 21.4. The summed E-state index contributed by atoms with van der Waals surface area (Å²) in [4.78, 5) is 25.1. The highest BCUT2D eigenvalue weighted by Gasteiger charge is 2.22. The first-order chi connectivity index (χ1) is 14.2. The van der Waals surface area contributed by atoms with Crippen LogP contribution < -0.4 is 14.2 Å². The minimum Gasteiger partial charge on any atom is -0.493 e. The number of hydrogen-bond acceptors (Lipinski definition) is 6. The Morgan fingerprint density at radius 3 is 1.93 bits per heavy atom. The first-order valence-electron chi connectivity index (χ1n) is 9.82. The van der Waals surface area contributed by atoms with Crippen molar-refractivity contribution >= 4 is 11.8 Å². The summed E-state index contributed by atoms with van der Waals surface area (Å²) in [5.74, 6) is 0.903. The summed E-state index contributed by atoms with van der Waals surface area (Å²) in [5, 5.41) is 0. The molecule has 0 aliphatic carbocycles. The van der Waals surface area contributed by atoms with E-state index in [1.807, 2.05) is 32.9 Å². The van der Waals surface area contributed by atoms with Crippen LogP contribution >= 0.6 is 0 Å². The standard InChI is InChI=1S/C24H30O6/c1-14-10-16(3)19(11-15(14)2)23(26)17(4)30-22(25)9-8-18-12-20(27-5)24(29-7)21(13-18)28-6/h10-13,17H,8-9H2,1-7H3/t17-/m0/s1. The van der Waals surface area contributed by atoms with Crippen molar-refractivity contribution in [2.45, 2.75) is 46.6 Å². The number of carbonyl (C=O) groups is 2. The smallest absolute Gasteiger partial charge is 0.306 e. The number of hydrogen-bond donors (Lipinski definition) is 0. The van der Waals surface area contributed by atoms with Crippen LogP contribution in [0.3, 0.4) is 0 Å². The van der Waals surface area contributed by atoms with Gasteiger partial charge in [-0.1, -0.05) is 6.07 Å². The van der Waals surface area contributed by atoms with Gasteiger partial charge in [-0.15, -0.1) is 0 Å². The molecule has 0 heterocycles. The maximum atomic E-state index is 12.8. The lowest BCUT2D eigenvalue weighted by molar-refractivity contribution is -0.146. The van der Waals surface area contributed by atoms with Gasteiger partial charge in [-0.25, -0.2) is 0 Å². The van der Waals surface area contributed by atoms with E-state index in [1.165, 1.54) is 21.3 Å². The number of ketones is 1. The second kappa shape index (κ2) is 10.1. The summed E-state index contributed by atoms with van der Waals surface area (Å²) in [6, 6.07) is 7.41. The molecule has 2 aromatic carbocycles. The van der Waals surface area contributed by atoms with Crippen molar-refractivity contribution in [1.82, 2.24) is 0 Å². The number of Topliss-reactive ketones (excluding diaryl/α,β-unsaturated/α-hetero) is 1. The summed E-state index contributed by atoms with van der Waals surface area (Å²) in [6.45, 7) is 7.45. The van der Waals surface area contributed by atoms with Gasteiger partial charge in [-0.2, -0.15) is 0 Å². The highest BCUT2D eigenvalue weighted by molar-refractivity contribution is 6.01. The Kier molecular flexibility index (Phi) is 7.86. The maximum absolute atomic E-state index is 12.8. The first-order valence-corrected chi connectivity index (χ1v) is 9.82. The van der Waals surface area contributed by atoms with Gasteiger partial charge in [0.15, 0.2) is 17.6 Å². The fraction of sp³-hybridized carbons (Fsp3) is 0.417. The van der Waals surface area contributed by atoms with Crippen LogP contribution in [0.1, 0.15) is 46.0 Å². The van der Waals surface area contributed by atoms with Gasteiger partial charge < -0.3 is 18.9 Å². The second-order valence-electron chi connectivity index (χ2n) is 7.28. The molecule has 0 aliphatic rings. The van der Waals surface area contributed by atoms with E-state index >= 15 is 0 Å². The molecule has 0 radical (unpaired) electrons. The lowest BCUT2D eigenvalue weighted by Gasteiger charge is -2.16. The molecule has 0 aliphatic heterocycles. The molecule has 0 fully saturated rings. The van der Waals surface area contributed by atoms with Crippen LogP contribution in [-0.4, -0.2) is 39.2 Å². The van der Waals surface area contributed by atoms with E-state index in [0.717, 1.165) is 22.3 Å². The Balaban J connectivity index is 2.04. The Morgan fingerprint density at radius 2 is 1.40 bits per heavy atom. The van der Waals surface area contributed by atoms with E-state index in [2.05, 4.69) is 0 Å². The van der Waals surface area contributed by atoms with E-state index < -0.39 is 12.1 Å². The largest absolute Gasteiger partial charge is 0.493 e.